The Labute approximate surface area is 173 Å². The van der Waals surface area contributed by atoms with Crippen LogP contribution in [0, 0.1) is 0 Å². The summed E-state index contributed by atoms with van der Waals surface area (Å²) in [6.07, 6.45) is 4.71. The molecule has 0 spiro atoms. The third-order valence-electron chi connectivity index (χ3n) is 4.36. The quantitative estimate of drug-likeness (QED) is 0.242. The van der Waals surface area contributed by atoms with Crippen molar-refractivity contribution in [2.45, 2.75) is 90.5 Å². The molecule has 0 saturated heterocycles. The third kappa shape index (κ3) is 19.3. The molecule has 1 N–H and O–H groups in total. The molecule has 0 fully saturated rings. The Balaban J connectivity index is 3.68. The van der Waals surface area contributed by atoms with Crippen molar-refractivity contribution >= 4 is 19.5 Å². The van der Waals surface area contributed by atoms with Crippen LogP contribution in [0.25, 0.3) is 0 Å². The minimum absolute atomic E-state index is 0.142. The molecule has 0 radical (unpaired) electrons. The molecule has 0 bridgehead atoms. The van der Waals surface area contributed by atoms with Crippen molar-refractivity contribution in [1.29, 1.82) is 0 Å². The lowest BCUT2D eigenvalue weighted by Gasteiger charge is -2.30. The second-order valence-electron chi connectivity index (χ2n) is 8.34. The van der Waals surface area contributed by atoms with Crippen molar-refractivity contribution in [2.24, 2.45) is 0 Å². The number of ether oxygens (including phenoxy) is 2. The molecule has 0 amide bonds. The lowest BCUT2D eigenvalue weighted by atomic mass is 10.1. The lowest BCUT2D eigenvalue weighted by molar-refractivity contribution is -0.0360. The van der Waals surface area contributed by atoms with Crippen LogP contribution in [-0.2, 0) is 18.3 Å². The summed E-state index contributed by atoms with van der Waals surface area (Å²) in [4.78, 5) is 0. The van der Waals surface area contributed by atoms with Gasteiger partial charge in [-0.2, -0.15) is 0 Å². The van der Waals surface area contributed by atoms with Crippen LogP contribution in [-0.4, -0.2) is 70.2 Å². The summed E-state index contributed by atoms with van der Waals surface area (Å²) in [7, 11) is -0.562. The summed E-state index contributed by atoms with van der Waals surface area (Å²) in [5.41, 5.74) is -0.283. The van der Waals surface area contributed by atoms with Crippen molar-refractivity contribution in [3.8, 4) is 0 Å². The van der Waals surface area contributed by atoms with E-state index in [1.807, 2.05) is 0 Å². The van der Waals surface area contributed by atoms with E-state index in [1.54, 1.807) is 0 Å². The monoisotopic (exact) mass is 421 g/mol. The van der Waals surface area contributed by atoms with Crippen LogP contribution in [0.4, 0.5) is 0 Å². The Morgan fingerprint density at radius 2 is 1.07 bits per heavy atom. The van der Waals surface area contributed by atoms with Crippen molar-refractivity contribution in [2.75, 3.05) is 39.5 Å². The minimum Gasteiger partial charge on any atom is -0.424 e. The second-order valence-corrected chi connectivity index (χ2v) is 11.4. The van der Waals surface area contributed by atoms with Gasteiger partial charge in [-0.15, -0.1) is 0 Å². The predicted octanol–water partition coefficient (Wildman–Crippen LogP) is 2.80. The highest BCUT2D eigenvalue weighted by atomic mass is 28.2. The molecular weight excluding hydrogens is 374 g/mol. The zero-order valence-electron chi connectivity index (χ0n) is 19.0. The normalized spacial score (nSPS) is 13.6. The van der Waals surface area contributed by atoms with E-state index < -0.39 is 0 Å². The summed E-state index contributed by atoms with van der Waals surface area (Å²) in [6, 6.07) is 2.52. The highest BCUT2D eigenvalue weighted by Gasteiger charge is 2.22. The Morgan fingerprint density at radius 1 is 0.667 bits per heavy atom. The zero-order chi connectivity index (χ0) is 20.4. The highest BCUT2D eigenvalue weighted by Crippen LogP contribution is 2.12. The van der Waals surface area contributed by atoms with Gasteiger partial charge >= 0.3 is 0 Å². The molecule has 0 aliphatic rings. The van der Waals surface area contributed by atoms with Crippen LogP contribution in [0.2, 0.25) is 12.1 Å². The van der Waals surface area contributed by atoms with E-state index in [9.17, 15) is 0 Å². The molecule has 0 aliphatic carbocycles. The number of hydrogen-bond donors (Lipinski definition) is 1. The van der Waals surface area contributed by atoms with Crippen LogP contribution < -0.4 is 5.32 Å². The molecule has 0 aromatic carbocycles. The molecule has 0 unspecified atom stereocenters. The van der Waals surface area contributed by atoms with Gasteiger partial charge in [-0.1, -0.05) is 12.8 Å². The maximum atomic E-state index is 6.06. The van der Waals surface area contributed by atoms with E-state index in [1.165, 1.54) is 24.9 Å². The molecule has 0 saturated carbocycles. The van der Waals surface area contributed by atoms with Crippen LogP contribution in [0.1, 0.15) is 67.2 Å². The topological polar surface area (TPSA) is 49.0 Å². The van der Waals surface area contributed by atoms with Gasteiger partial charge < -0.3 is 23.6 Å². The van der Waals surface area contributed by atoms with Gasteiger partial charge in [0.05, 0.1) is 11.2 Å². The Kier molecular flexibility index (Phi) is 17.3. The number of nitrogens with one attached hydrogen (secondary N) is 1. The molecule has 0 aromatic heterocycles. The molecule has 27 heavy (non-hydrogen) atoms. The third-order valence-corrected chi connectivity index (χ3v) is 7.33. The summed E-state index contributed by atoms with van der Waals surface area (Å²) in [5, 5.41) is 3.53. The molecule has 7 heteroatoms. The van der Waals surface area contributed by atoms with Gasteiger partial charge in [-0.05, 0) is 66.5 Å². The highest BCUT2D eigenvalue weighted by molar-refractivity contribution is 6.27. The number of hydrogen-bond acceptors (Lipinski definition) is 5. The van der Waals surface area contributed by atoms with Crippen molar-refractivity contribution in [3.63, 3.8) is 0 Å². The fraction of sp³-hybridized carbons (Fsp3) is 1.00. The van der Waals surface area contributed by atoms with E-state index in [-0.39, 0.29) is 30.7 Å². The minimum atomic E-state index is -0.281. The predicted molar refractivity (Wildman–Crippen MR) is 121 cm³/mol. The molecule has 0 aliphatic heterocycles. The maximum absolute atomic E-state index is 6.06. The molecule has 0 atom stereocenters. The van der Waals surface area contributed by atoms with Gasteiger partial charge in [0.2, 0.25) is 0 Å². The first kappa shape index (κ1) is 27.2. The van der Waals surface area contributed by atoms with Gasteiger partial charge in [-0.25, -0.2) is 0 Å². The SMILES string of the molecule is CCO[SiH2]CCCCOC(C)(C)CNCC(C)(C)OCCCC[SiH2]OCC. The van der Waals surface area contributed by atoms with Gasteiger partial charge in [0.25, 0.3) is 0 Å². The van der Waals surface area contributed by atoms with Gasteiger partial charge in [0.1, 0.15) is 0 Å². The van der Waals surface area contributed by atoms with E-state index in [4.69, 9.17) is 18.3 Å². The summed E-state index contributed by atoms with van der Waals surface area (Å²) in [5.74, 6) is 0. The largest absolute Gasteiger partial charge is 0.424 e. The first-order valence-corrected chi connectivity index (χ1v) is 14.1. The Bertz CT molecular complexity index is 301. The smallest absolute Gasteiger partial charge is 0.161 e. The standard InChI is InChI=1S/C20H47NO4Si2/c1-7-24-26-15-11-9-13-22-19(3,4)17-21-18-20(5,6)23-14-10-12-16-27-25-8-2/h21H,7-18,26-27H2,1-6H3. The number of unbranched alkanes of at least 4 members (excludes halogenated alkanes) is 2. The summed E-state index contributed by atoms with van der Waals surface area (Å²) < 4.78 is 23.1. The second kappa shape index (κ2) is 17.1. The van der Waals surface area contributed by atoms with Gasteiger partial charge in [-0.3, -0.25) is 0 Å². The van der Waals surface area contributed by atoms with Crippen molar-refractivity contribution in [1.82, 2.24) is 5.32 Å². The van der Waals surface area contributed by atoms with E-state index in [0.29, 0.717) is 0 Å². The molecule has 5 nitrogen and oxygen atoms in total. The lowest BCUT2D eigenvalue weighted by Crippen LogP contribution is -2.44. The van der Waals surface area contributed by atoms with Crippen LogP contribution >= 0.6 is 0 Å². The molecule has 164 valence electrons. The zero-order valence-corrected chi connectivity index (χ0v) is 21.9. The molecule has 0 rings (SSSR count). The van der Waals surface area contributed by atoms with Crippen LogP contribution in [0.15, 0.2) is 0 Å². The van der Waals surface area contributed by atoms with Crippen LogP contribution in [0.3, 0.4) is 0 Å². The first-order chi connectivity index (χ1) is 12.8. The maximum Gasteiger partial charge on any atom is 0.161 e. The average molecular weight is 422 g/mol. The molecule has 0 aromatic rings. The van der Waals surface area contributed by atoms with Gasteiger partial charge in [0.15, 0.2) is 19.5 Å². The Morgan fingerprint density at radius 3 is 1.44 bits per heavy atom. The van der Waals surface area contributed by atoms with Crippen molar-refractivity contribution < 1.29 is 18.3 Å². The molecule has 0 heterocycles. The summed E-state index contributed by atoms with van der Waals surface area (Å²) >= 11 is 0. The van der Waals surface area contributed by atoms with Crippen molar-refractivity contribution in [3.05, 3.63) is 0 Å². The Hall–Kier alpha value is 0.234. The first-order valence-electron chi connectivity index (χ1n) is 11.0. The van der Waals surface area contributed by atoms with Crippen LogP contribution in [0.5, 0.6) is 0 Å². The van der Waals surface area contributed by atoms with E-state index in [2.05, 4.69) is 46.9 Å². The fourth-order valence-electron chi connectivity index (χ4n) is 2.72. The van der Waals surface area contributed by atoms with Gasteiger partial charge in [0, 0.05) is 39.5 Å². The summed E-state index contributed by atoms with van der Waals surface area (Å²) in [6.45, 7) is 17.9. The fourth-order valence-corrected chi connectivity index (χ4v) is 4.82. The van der Waals surface area contributed by atoms with E-state index >= 15 is 0 Å². The number of rotatable bonds is 20. The average Bonchev–Trinajstić information content (AvgIpc) is 2.59. The molecular formula is C20H47NO4Si2. The van der Waals surface area contributed by atoms with E-state index in [0.717, 1.165) is 52.4 Å².